The zero-order valence-electron chi connectivity index (χ0n) is 16.5. The van der Waals surface area contributed by atoms with E-state index in [2.05, 4.69) is 10.1 Å². The van der Waals surface area contributed by atoms with E-state index in [-0.39, 0.29) is 23.8 Å². The predicted octanol–water partition coefficient (Wildman–Crippen LogP) is 1.31. The van der Waals surface area contributed by atoms with Gasteiger partial charge in [-0.15, -0.1) is 0 Å². The van der Waals surface area contributed by atoms with Crippen LogP contribution in [0.25, 0.3) is 5.69 Å². The zero-order valence-corrected chi connectivity index (χ0v) is 16.5. The van der Waals surface area contributed by atoms with Gasteiger partial charge in [0.2, 0.25) is 5.91 Å². The lowest BCUT2D eigenvalue weighted by atomic mass is 10.1. The fourth-order valence-corrected chi connectivity index (χ4v) is 3.05. The molecule has 0 aliphatic rings. The molecule has 0 saturated carbocycles. The molecule has 2 heterocycles. The Labute approximate surface area is 167 Å². The van der Waals surface area contributed by atoms with Gasteiger partial charge in [0, 0.05) is 26.0 Å². The lowest BCUT2D eigenvalue weighted by Crippen LogP contribution is -2.39. The molecule has 0 saturated heterocycles. The first-order chi connectivity index (χ1) is 13.9. The maximum atomic E-state index is 12.8. The maximum absolute atomic E-state index is 12.8. The summed E-state index contributed by atoms with van der Waals surface area (Å²) in [6.07, 6.45) is 5.20. The van der Waals surface area contributed by atoms with Gasteiger partial charge >= 0.3 is 5.69 Å². The van der Waals surface area contributed by atoms with Gasteiger partial charge in [-0.1, -0.05) is 25.5 Å². The van der Waals surface area contributed by atoms with E-state index < -0.39 is 11.2 Å². The largest absolute Gasteiger partial charge is 0.383 e. The Bertz CT molecular complexity index is 1100. The van der Waals surface area contributed by atoms with Gasteiger partial charge in [0.15, 0.2) is 5.69 Å². The van der Waals surface area contributed by atoms with Crippen LogP contribution >= 0.6 is 0 Å². The lowest BCUT2D eigenvalue weighted by molar-refractivity contribution is -0.117. The number of nitrogens with one attached hydrogen (secondary N) is 1. The molecule has 0 aliphatic carbocycles. The Morgan fingerprint density at radius 2 is 1.97 bits per heavy atom. The number of nitrogens with zero attached hydrogens (tertiary/aromatic N) is 4. The number of hydrogen-bond donors (Lipinski definition) is 2. The van der Waals surface area contributed by atoms with Crippen LogP contribution in [0.5, 0.6) is 0 Å². The van der Waals surface area contributed by atoms with Crippen LogP contribution in [-0.2, 0) is 17.8 Å². The van der Waals surface area contributed by atoms with Gasteiger partial charge in [-0.05, 0) is 30.2 Å². The first kappa shape index (κ1) is 20.1. The van der Waals surface area contributed by atoms with Crippen molar-refractivity contribution < 1.29 is 4.79 Å². The first-order valence-electron chi connectivity index (χ1n) is 9.40. The van der Waals surface area contributed by atoms with Crippen molar-refractivity contribution in [3.63, 3.8) is 0 Å². The summed E-state index contributed by atoms with van der Waals surface area (Å²) in [7, 11) is 1.48. The van der Waals surface area contributed by atoms with Crippen LogP contribution in [0.2, 0.25) is 0 Å². The molecular formula is C20H24N6O3. The van der Waals surface area contributed by atoms with Gasteiger partial charge in [0.25, 0.3) is 5.56 Å². The Hall–Kier alpha value is -3.62. The number of H-pyrrole nitrogens is 1. The van der Waals surface area contributed by atoms with Gasteiger partial charge in [0.1, 0.15) is 5.82 Å². The molecule has 152 valence electrons. The molecule has 3 N–H and O–H groups in total. The van der Waals surface area contributed by atoms with Crippen molar-refractivity contribution in [1.82, 2.24) is 19.3 Å². The second kappa shape index (κ2) is 8.59. The summed E-state index contributed by atoms with van der Waals surface area (Å²) < 4.78 is 3.01. The molecule has 9 heteroatoms. The van der Waals surface area contributed by atoms with Gasteiger partial charge in [0.05, 0.1) is 12.1 Å². The highest BCUT2D eigenvalue weighted by atomic mass is 16.2. The minimum absolute atomic E-state index is 0.00270. The van der Waals surface area contributed by atoms with Crippen LogP contribution < -0.4 is 21.9 Å². The predicted molar refractivity (Wildman–Crippen MR) is 111 cm³/mol. The normalized spacial score (nSPS) is 10.8. The smallest absolute Gasteiger partial charge is 0.330 e. The highest BCUT2D eigenvalue weighted by Crippen LogP contribution is 2.17. The number of nitrogens with two attached hydrogens (primary N) is 1. The van der Waals surface area contributed by atoms with Crippen molar-refractivity contribution in [2.24, 2.45) is 0 Å². The summed E-state index contributed by atoms with van der Waals surface area (Å²) in [5.74, 6) is -0.313. The number of rotatable bonds is 7. The van der Waals surface area contributed by atoms with Crippen molar-refractivity contribution in [1.29, 1.82) is 0 Å². The number of likely N-dealkylation sites (N-methyl/N-ethyl adjacent to an activating group) is 1. The van der Waals surface area contributed by atoms with E-state index in [1.807, 2.05) is 43.5 Å². The first-order valence-corrected chi connectivity index (χ1v) is 9.40. The lowest BCUT2D eigenvalue weighted by Gasteiger charge is -2.20. The number of anilines is 2. The molecule has 0 radical (unpaired) electrons. The molecule has 1 amide bonds. The minimum atomic E-state index is -0.676. The number of hydrogen-bond acceptors (Lipinski definition) is 5. The Kier molecular flexibility index (Phi) is 5.96. The van der Waals surface area contributed by atoms with Gasteiger partial charge in [-0.3, -0.25) is 19.1 Å². The molecule has 0 aliphatic heterocycles. The second-order valence-corrected chi connectivity index (χ2v) is 6.74. The van der Waals surface area contributed by atoms with Crippen LogP contribution in [0.4, 0.5) is 11.5 Å². The van der Waals surface area contributed by atoms with Gasteiger partial charge < -0.3 is 10.6 Å². The molecular weight excluding hydrogens is 372 g/mol. The quantitative estimate of drug-likeness (QED) is 0.624. The summed E-state index contributed by atoms with van der Waals surface area (Å²) in [4.78, 5) is 40.6. The van der Waals surface area contributed by atoms with Gasteiger partial charge in [-0.25, -0.2) is 9.48 Å². The fraction of sp³-hybridized carbons (Fsp3) is 0.300. The summed E-state index contributed by atoms with van der Waals surface area (Å²) in [6.45, 7) is 2.36. The standard InChI is InChI=1S/C20H24N6O3/c1-3-4-11-25-18(21)17(19(28)23-20(25)29)24(2)16(27)13-14-6-8-15(9-7-14)26-12-5-10-22-26/h5-10,12H,3-4,11,13,21H2,1-2H3,(H,23,28,29). The van der Waals surface area contributed by atoms with Crippen molar-refractivity contribution in [3.05, 3.63) is 69.1 Å². The molecule has 2 aromatic heterocycles. The molecule has 0 bridgehead atoms. The van der Waals surface area contributed by atoms with E-state index >= 15 is 0 Å². The van der Waals surface area contributed by atoms with Crippen LogP contribution in [0.1, 0.15) is 25.3 Å². The summed E-state index contributed by atoms with van der Waals surface area (Å²) in [6, 6.07) is 9.22. The van der Waals surface area contributed by atoms with E-state index in [4.69, 9.17) is 5.73 Å². The number of carbonyl (C=O) groups excluding carboxylic acids is 1. The average molecular weight is 396 g/mol. The zero-order chi connectivity index (χ0) is 21.0. The van der Waals surface area contributed by atoms with Crippen LogP contribution in [-0.4, -0.2) is 32.3 Å². The van der Waals surface area contributed by atoms with E-state index in [1.54, 1.807) is 10.9 Å². The van der Waals surface area contributed by atoms with E-state index in [1.165, 1.54) is 16.5 Å². The van der Waals surface area contributed by atoms with E-state index in [0.717, 1.165) is 24.1 Å². The third-order valence-corrected chi connectivity index (χ3v) is 4.72. The average Bonchev–Trinajstić information content (AvgIpc) is 3.23. The number of nitrogen functional groups attached to an aromatic ring is 1. The van der Waals surface area contributed by atoms with E-state index in [9.17, 15) is 14.4 Å². The van der Waals surface area contributed by atoms with Crippen molar-refractivity contribution in [3.8, 4) is 5.69 Å². The Morgan fingerprint density at radius 3 is 2.59 bits per heavy atom. The number of carbonyl (C=O) groups is 1. The Balaban J connectivity index is 1.81. The molecule has 9 nitrogen and oxygen atoms in total. The number of amides is 1. The number of unbranched alkanes of at least 4 members (excludes halogenated alkanes) is 1. The number of aromatic amines is 1. The van der Waals surface area contributed by atoms with Crippen molar-refractivity contribution >= 4 is 17.4 Å². The molecule has 0 unspecified atom stereocenters. The molecule has 0 fully saturated rings. The maximum Gasteiger partial charge on any atom is 0.330 e. The molecule has 3 rings (SSSR count). The summed E-state index contributed by atoms with van der Waals surface area (Å²) in [5.41, 5.74) is 6.47. The highest BCUT2D eigenvalue weighted by molar-refractivity contribution is 5.96. The van der Waals surface area contributed by atoms with Crippen LogP contribution in [0, 0.1) is 0 Å². The molecule has 1 aromatic carbocycles. The SMILES string of the molecule is CCCCn1c(N)c(N(C)C(=O)Cc2ccc(-n3cccn3)cc2)c(=O)[nH]c1=O. The second-order valence-electron chi connectivity index (χ2n) is 6.74. The minimum Gasteiger partial charge on any atom is -0.383 e. The topological polar surface area (TPSA) is 119 Å². The third-order valence-electron chi connectivity index (χ3n) is 4.72. The van der Waals surface area contributed by atoms with Crippen molar-refractivity contribution in [2.45, 2.75) is 32.7 Å². The summed E-state index contributed by atoms with van der Waals surface area (Å²) in [5, 5.41) is 4.16. The number of benzene rings is 1. The van der Waals surface area contributed by atoms with Crippen LogP contribution in [0.3, 0.4) is 0 Å². The third kappa shape index (κ3) is 4.29. The van der Waals surface area contributed by atoms with E-state index in [0.29, 0.717) is 6.54 Å². The monoisotopic (exact) mass is 396 g/mol. The van der Waals surface area contributed by atoms with Crippen LogP contribution in [0.15, 0.2) is 52.3 Å². The van der Waals surface area contributed by atoms with Crippen molar-refractivity contribution in [2.75, 3.05) is 17.7 Å². The fourth-order valence-electron chi connectivity index (χ4n) is 3.05. The Morgan fingerprint density at radius 1 is 1.24 bits per heavy atom. The molecule has 29 heavy (non-hydrogen) atoms. The highest BCUT2D eigenvalue weighted by Gasteiger charge is 2.21. The molecule has 0 spiro atoms. The van der Waals surface area contributed by atoms with Gasteiger partial charge in [-0.2, -0.15) is 5.10 Å². The number of aromatic nitrogens is 4. The molecule has 0 atom stereocenters. The summed E-state index contributed by atoms with van der Waals surface area (Å²) >= 11 is 0. The molecule has 3 aromatic rings.